The van der Waals surface area contributed by atoms with E-state index in [2.05, 4.69) is 4.98 Å². The lowest BCUT2D eigenvalue weighted by molar-refractivity contribution is -0.142. The van der Waals surface area contributed by atoms with Crippen LogP contribution in [0.2, 0.25) is 0 Å². The number of rotatable bonds is 2. The van der Waals surface area contributed by atoms with Gasteiger partial charge in [-0.3, -0.25) is 4.40 Å². The third kappa shape index (κ3) is 2.60. The second-order valence-electron chi connectivity index (χ2n) is 6.82. The Hall–Kier alpha value is -1.56. The van der Waals surface area contributed by atoms with Crippen LogP contribution >= 0.6 is 0 Å². The van der Waals surface area contributed by atoms with E-state index < -0.39 is 17.5 Å². The molecule has 3 rings (SSSR count). The molecule has 0 amide bonds. The summed E-state index contributed by atoms with van der Waals surface area (Å²) >= 11 is 0. The van der Waals surface area contributed by atoms with E-state index in [1.54, 1.807) is 13.0 Å². The minimum Gasteiger partial charge on any atom is -0.390 e. The molecule has 120 valence electrons. The molecule has 22 heavy (non-hydrogen) atoms. The van der Waals surface area contributed by atoms with Crippen molar-refractivity contribution in [3.63, 3.8) is 0 Å². The molecule has 1 aliphatic carbocycles. The molecular weight excluding hydrogens is 293 g/mol. The van der Waals surface area contributed by atoms with E-state index in [9.17, 15) is 18.3 Å². The predicted molar refractivity (Wildman–Crippen MR) is 76.9 cm³/mol. The molecule has 0 radical (unpaired) electrons. The van der Waals surface area contributed by atoms with Crippen LogP contribution in [0.4, 0.5) is 13.2 Å². The molecule has 0 bridgehead atoms. The van der Waals surface area contributed by atoms with E-state index in [-0.39, 0.29) is 11.8 Å². The van der Waals surface area contributed by atoms with Crippen molar-refractivity contribution in [3.8, 4) is 0 Å². The first-order valence-electron chi connectivity index (χ1n) is 7.39. The Balaban J connectivity index is 2.10. The van der Waals surface area contributed by atoms with E-state index in [1.165, 1.54) is 12.3 Å². The highest BCUT2D eigenvalue weighted by atomic mass is 19.4. The average molecular weight is 312 g/mol. The SMILES string of the molecule is CC(C)c1cc(C(F)(F)F)n2cc(C3CC(C)(O)C3)nc2c1. The van der Waals surface area contributed by atoms with Crippen molar-refractivity contribution in [3.05, 3.63) is 35.3 Å². The van der Waals surface area contributed by atoms with Gasteiger partial charge in [0.1, 0.15) is 11.3 Å². The van der Waals surface area contributed by atoms with Gasteiger partial charge >= 0.3 is 6.18 Å². The van der Waals surface area contributed by atoms with Gasteiger partial charge in [-0.2, -0.15) is 13.2 Å². The zero-order valence-corrected chi connectivity index (χ0v) is 12.8. The second-order valence-corrected chi connectivity index (χ2v) is 6.82. The molecule has 3 nitrogen and oxygen atoms in total. The van der Waals surface area contributed by atoms with Gasteiger partial charge < -0.3 is 5.11 Å². The fraction of sp³-hybridized carbons (Fsp3) is 0.562. The van der Waals surface area contributed by atoms with Crippen molar-refractivity contribution >= 4 is 5.65 Å². The first-order chi connectivity index (χ1) is 10.1. The van der Waals surface area contributed by atoms with Crippen molar-refractivity contribution in [1.29, 1.82) is 0 Å². The molecule has 1 aliphatic rings. The number of hydrogen-bond acceptors (Lipinski definition) is 2. The summed E-state index contributed by atoms with van der Waals surface area (Å²) in [7, 11) is 0. The van der Waals surface area contributed by atoms with E-state index in [4.69, 9.17) is 0 Å². The van der Waals surface area contributed by atoms with Crippen LogP contribution in [0.5, 0.6) is 0 Å². The summed E-state index contributed by atoms with van der Waals surface area (Å²) in [6.45, 7) is 5.45. The molecular formula is C16H19F3N2O. The van der Waals surface area contributed by atoms with E-state index >= 15 is 0 Å². The van der Waals surface area contributed by atoms with Crippen molar-refractivity contribution in [2.45, 2.75) is 57.2 Å². The van der Waals surface area contributed by atoms with Gasteiger partial charge in [-0.15, -0.1) is 0 Å². The highest BCUT2D eigenvalue weighted by Gasteiger charge is 2.41. The van der Waals surface area contributed by atoms with Gasteiger partial charge in [0.15, 0.2) is 0 Å². The van der Waals surface area contributed by atoms with E-state index in [1.807, 2.05) is 13.8 Å². The van der Waals surface area contributed by atoms with Crippen molar-refractivity contribution in [1.82, 2.24) is 9.38 Å². The number of nitrogens with zero attached hydrogens (tertiary/aromatic N) is 2. The molecule has 0 saturated heterocycles. The highest BCUT2D eigenvalue weighted by Crippen LogP contribution is 2.44. The summed E-state index contributed by atoms with van der Waals surface area (Å²) in [6.07, 6.45) is -1.89. The Morgan fingerprint density at radius 3 is 2.45 bits per heavy atom. The van der Waals surface area contributed by atoms with Crippen LogP contribution in [0.3, 0.4) is 0 Å². The summed E-state index contributed by atoms with van der Waals surface area (Å²) in [5, 5.41) is 9.81. The number of halogens is 3. The van der Waals surface area contributed by atoms with Gasteiger partial charge in [0, 0.05) is 12.1 Å². The van der Waals surface area contributed by atoms with Crippen LogP contribution in [0.1, 0.15) is 62.4 Å². The van der Waals surface area contributed by atoms with Gasteiger partial charge in [-0.1, -0.05) is 13.8 Å². The average Bonchev–Trinajstić information content (AvgIpc) is 2.76. The van der Waals surface area contributed by atoms with E-state index in [0.717, 1.165) is 4.40 Å². The number of fused-ring (bicyclic) bond motifs is 1. The number of aromatic nitrogens is 2. The summed E-state index contributed by atoms with van der Waals surface area (Å²) in [5.41, 5.74) is 0.144. The van der Waals surface area contributed by atoms with Gasteiger partial charge in [0.05, 0.1) is 11.3 Å². The number of pyridine rings is 1. The largest absolute Gasteiger partial charge is 0.431 e. The van der Waals surface area contributed by atoms with Crippen LogP contribution in [0, 0.1) is 0 Å². The van der Waals surface area contributed by atoms with Crippen LogP contribution in [-0.4, -0.2) is 20.1 Å². The highest BCUT2D eigenvalue weighted by molar-refractivity contribution is 5.47. The smallest absolute Gasteiger partial charge is 0.390 e. The molecule has 2 heterocycles. The van der Waals surface area contributed by atoms with Gasteiger partial charge in [-0.25, -0.2) is 4.98 Å². The lowest BCUT2D eigenvalue weighted by Crippen LogP contribution is -2.39. The maximum Gasteiger partial charge on any atom is 0.431 e. The molecule has 1 saturated carbocycles. The molecule has 6 heteroatoms. The molecule has 2 aromatic rings. The summed E-state index contributed by atoms with van der Waals surface area (Å²) < 4.78 is 41.0. The van der Waals surface area contributed by atoms with Gasteiger partial charge in [-0.05, 0) is 43.4 Å². The molecule has 0 atom stereocenters. The Labute approximate surface area is 126 Å². The zero-order chi connectivity index (χ0) is 16.3. The van der Waals surface area contributed by atoms with E-state index in [0.29, 0.717) is 29.7 Å². The number of aliphatic hydroxyl groups is 1. The van der Waals surface area contributed by atoms with Crippen molar-refractivity contribution < 1.29 is 18.3 Å². The van der Waals surface area contributed by atoms with Crippen molar-refractivity contribution in [2.75, 3.05) is 0 Å². The Kier molecular flexibility index (Phi) is 3.29. The summed E-state index contributed by atoms with van der Waals surface area (Å²) in [6, 6.07) is 2.90. The fourth-order valence-electron chi connectivity index (χ4n) is 3.09. The Bertz CT molecular complexity index is 708. The zero-order valence-electron chi connectivity index (χ0n) is 12.8. The lowest BCUT2D eigenvalue weighted by Gasteiger charge is -2.39. The quantitative estimate of drug-likeness (QED) is 0.906. The van der Waals surface area contributed by atoms with Crippen molar-refractivity contribution in [2.24, 2.45) is 0 Å². The molecule has 0 aromatic carbocycles. The maximum atomic E-state index is 13.3. The minimum atomic E-state index is -4.42. The number of imidazole rings is 1. The minimum absolute atomic E-state index is 0.00399. The topological polar surface area (TPSA) is 37.5 Å². The molecule has 0 spiro atoms. The third-order valence-corrected chi connectivity index (χ3v) is 4.36. The Morgan fingerprint density at radius 1 is 1.32 bits per heavy atom. The molecule has 2 aromatic heterocycles. The molecule has 0 aliphatic heterocycles. The predicted octanol–water partition coefficient (Wildman–Crippen LogP) is 4.10. The third-order valence-electron chi connectivity index (χ3n) is 4.36. The summed E-state index contributed by atoms with van der Waals surface area (Å²) in [5.74, 6) is 0.0224. The van der Waals surface area contributed by atoms with Crippen LogP contribution in [-0.2, 0) is 6.18 Å². The second kappa shape index (κ2) is 4.72. The standard InChI is InChI=1S/C16H19F3N2O/c1-9(2)10-4-13(16(17,18)19)21-8-12(20-14(21)5-10)11-6-15(3,22)7-11/h4-5,8-9,11,22H,6-7H2,1-3H3. The normalized spacial score (nSPS) is 25.7. The van der Waals surface area contributed by atoms with Crippen LogP contribution < -0.4 is 0 Å². The van der Waals surface area contributed by atoms with Gasteiger partial charge in [0.2, 0.25) is 0 Å². The molecule has 1 N–H and O–H groups in total. The number of alkyl halides is 3. The maximum absolute atomic E-state index is 13.3. The monoisotopic (exact) mass is 312 g/mol. The first-order valence-corrected chi connectivity index (χ1v) is 7.39. The number of hydrogen-bond donors (Lipinski definition) is 1. The molecule has 0 unspecified atom stereocenters. The van der Waals surface area contributed by atoms with Crippen LogP contribution in [0.25, 0.3) is 5.65 Å². The molecule has 1 fully saturated rings. The first kappa shape index (κ1) is 15.3. The summed E-state index contributed by atoms with van der Waals surface area (Å²) in [4.78, 5) is 4.37. The van der Waals surface area contributed by atoms with Crippen LogP contribution in [0.15, 0.2) is 18.3 Å². The van der Waals surface area contributed by atoms with Gasteiger partial charge in [0.25, 0.3) is 0 Å². The lowest BCUT2D eigenvalue weighted by atomic mass is 9.71. The Morgan fingerprint density at radius 2 is 1.95 bits per heavy atom. The fourth-order valence-corrected chi connectivity index (χ4v) is 3.09.